The fraction of sp³-hybridized carbons (Fsp3) is 0.400. The Morgan fingerprint density at radius 1 is 1.19 bits per heavy atom. The zero-order valence-electron chi connectivity index (χ0n) is 15.2. The molecule has 4 rings (SSSR count). The number of halogens is 1. The number of pyridine rings is 1. The monoisotopic (exact) mass is 370 g/mol. The number of amides is 2. The lowest BCUT2D eigenvalue weighted by Crippen LogP contribution is -2.54. The van der Waals surface area contributed by atoms with Crippen molar-refractivity contribution in [3.8, 4) is 0 Å². The second kappa shape index (κ2) is 6.89. The van der Waals surface area contributed by atoms with E-state index in [0.29, 0.717) is 11.6 Å². The molecule has 0 unspecified atom stereocenters. The van der Waals surface area contributed by atoms with Crippen molar-refractivity contribution in [2.45, 2.75) is 32.4 Å². The number of urea groups is 1. The minimum atomic E-state index is 0.00875. The molecule has 26 heavy (non-hydrogen) atoms. The number of nitrogens with zero attached hydrogens (tertiary/aromatic N) is 4. The lowest BCUT2D eigenvalue weighted by atomic mass is 10.00. The van der Waals surface area contributed by atoms with E-state index in [1.54, 1.807) is 11.1 Å². The smallest absolute Gasteiger partial charge is 0.306 e. The molecule has 0 bridgehead atoms. The number of hydrogen-bond acceptors (Lipinski definition) is 3. The van der Waals surface area contributed by atoms with Gasteiger partial charge in [0.1, 0.15) is 0 Å². The van der Waals surface area contributed by atoms with E-state index in [2.05, 4.69) is 16.9 Å². The summed E-state index contributed by atoms with van der Waals surface area (Å²) in [4.78, 5) is 23.9. The Morgan fingerprint density at radius 2 is 1.96 bits per heavy atom. The first-order valence-corrected chi connectivity index (χ1v) is 9.41. The second-order valence-electron chi connectivity index (χ2n) is 7.18. The van der Waals surface area contributed by atoms with Crippen LogP contribution in [0.1, 0.15) is 24.0 Å². The van der Waals surface area contributed by atoms with Gasteiger partial charge >= 0.3 is 6.03 Å². The predicted molar refractivity (Wildman–Crippen MR) is 105 cm³/mol. The Labute approximate surface area is 159 Å². The third kappa shape index (κ3) is 2.95. The summed E-state index contributed by atoms with van der Waals surface area (Å²) in [5, 5.41) is 0.606. The van der Waals surface area contributed by atoms with Crippen LogP contribution in [0.5, 0.6) is 0 Å². The molecule has 1 aromatic carbocycles. The van der Waals surface area contributed by atoms with E-state index in [-0.39, 0.29) is 12.1 Å². The van der Waals surface area contributed by atoms with E-state index in [9.17, 15) is 4.79 Å². The highest BCUT2D eigenvalue weighted by Gasteiger charge is 2.37. The number of fused-ring (bicyclic) bond motifs is 1. The molecule has 1 fully saturated rings. The van der Waals surface area contributed by atoms with E-state index >= 15 is 0 Å². The largest absolute Gasteiger partial charge is 0.329 e. The number of para-hydroxylation sites is 1. The van der Waals surface area contributed by atoms with Gasteiger partial charge in [-0.1, -0.05) is 23.7 Å². The second-order valence-corrected chi connectivity index (χ2v) is 7.59. The van der Waals surface area contributed by atoms with E-state index in [1.165, 1.54) is 0 Å². The number of rotatable bonds is 2. The highest BCUT2D eigenvalue weighted by atomic mass is 35.5. The number of aryl methyl sites for hydroxylation is 1. The first-order chi connectivity index (χ1) is 12.6. The standard InChI is InChI=1S/C20H23ClN4O/c1-14-4-3-5-17(21)19(14)24-13-15-12-22-9-6-18(15)25(20(24)26)16-7-10-23(2)11-8-16/h3-6,9,12,16H,7-8,10-11,13H2,1-2H3. The summed E-state index contributed by atoms with van der Waals surface area (Å²) in [7, 11) is 2.13. The maximum atomic E-state index is 13.5. The summed E-state index contributed by atoms with van der Waals surface area (Å²) in [5.74, 6) is 0. The van der Waals surface area contributed by atoms with E-state index in [0.717, 1.165) is 48.4 Å². The van der Waals surface area contributed by atoms with Crippen LogP contribution in [0.2, 0.25) is 5.02 Å². The highest BCUT2D eigenvalue weighted by molar-refractivity contribution is 6.34. The van der Waals surface area contributed by atoms with Gasteiger partial charge in [-0.15, -0.1) is 0 Å². The Morgan fingerprint density at radius 3 is 2.69 bits per heavy atom. The van der Waals surface area contributed by atoms with Gasteiger partial charge in [-0.05, 0) is 57.6 Å². The van der Waals surface area contributed by atoms with Crippen molar-refractivity contribution in [2.75, 3.05) is 29.9 Å². The summed E-state index contributed by atoms with van der Waals surface area (Å²) in [5.41, 5.74) is 3.85. The van der Waals surface area contributed by atoms with Gasteiger partial charge in [-0.2, -0.15) is 0 Å². The lowest BCUT2D eigenvalue weighted by molar-refractivity contribution is 0.229. The Bertz CT molecular complexity index is 812. The van der Waals surface area contributed by atoms with Gasteiger partial charge in [0, 0.05) is 24.0 Å². The molecule has 5 nitrogen and oxygen atoms in total. The number of hydrogen-bond donors (Lipinski definition) is 0. The van der Waals surface area contributed by atoms with Crippen molar-refractivity contribution in [1.29, 1.82) is 0 Å². The van der Waals surface area contributed by atoms with Crippen LogP contribution >= 0.6 is 11.6 Å². The van der Waals surface area contributed by atoms with Crippen LogP contribution in [0.15, 0.2) is 36.7 Å². The Balaban J connectivity index is 1.77. The molecule has 0 radical (unpaired) electrons. The molecule has 0 spiro atoms. The van der Waals surface area contributed by atoms with Crippen molar-refractivity contribution in [3.05, 3.63) is 52.8 Å². The van der Waals surface area contributed by atoms with Crippen LogP contribution < -0.4 is 9.80 Å². The van der Waals surface area contributed by atoms with Crippen molar-refractivity contribution in [1.82, 2.24) is 9.88 Å². The quantitative estimate of drug-likeness (QED) is 0.799. The maximum Gasteiger partial charge on any atom is 0.329 e. The molecular weight excluding hydrogens is 348 g/mol. The molecule has 0 aliphatic carbocycles. The highest BCUT2D eigenvalue weighted by Crippen LogP contribution is 2.38. The first kappa shape index (κ1) is 17.3. The Hall–Kier alpha value is -2.11. The minimum Gasteiger partial charge on any atom is -0.306 e. The molecule has 6 heteroatoms. The van der Waals surface area contributed by atoms with Crippen LogP contribution in [0, 0.1) is 6.92 Å². The summed E-state index contributed by atoms with van der Waals surface area (Å²) in [6, 6.07) is 7.92. The fourth-order valence-electron chi connectivity index (χ4n) is 3.99. The number of carbonyl (C=O) groups excluding carboxylic acids is 1. The zero-order valence-corrected chi connectivity index (χ0v) is 15.9. The average molecular weight is 371 g/mol. The third-order valence-corrected chi connectivity index (χ3v) is 5.72. The van der Waals surface area contributed by atoms with Crippen molar-refractivity contribution < 1.29 is 4.79 Å². The van der Waals surface area contributed by atoms with Crippen LogP contribution in [0.3, 0.4) is 0 Å². The molecule has 3 heterocycles. The van der Waals surface area contributed by atoms with Crippen LogP contribution in [-0.2, 0) is 6.54 Å². The van der Waals surface area contributed by atoms with Crippen LogP contribution in [0.25, 0.3) is 0 Å². The van der Waals surface area contributed by atoms with Gasteiger partial charge in [-0.3, -0.25) is 14.8 Å². The molecule has 0 atom stereocenters. The molecule has 1 aromatic heterocycles. The SMILES string of the molecule is Cc1cccc(Cl)c1N1Cc2cnccc2N(C2CCN(C)CC2)C1=O. The number of carbonyl (C=O) groups is 1. The summed E-state index contributed by atoms with van der Waals surface area (Å²) in [6.45, 7) is 4.49. The number of benzene rings is 1. The summed E-state index contributed by atoms with van der Waals surface area (Å²) < 4.78 is 0. The molecule has 0 N–H and O–H groups in total. The van der Waals surface area contributed by atoms with Crippen molar-refractivity contribution in [3.63, 3.8) is 0 Å². The normalized spacial score (nSPS) is 19.0. The van der Waals surface area contributed by atoms with Gasteiger partial charge in [0.15, 0.2) is 0 Å². The number of aromatic nitrogens is 1. The molecular formula is C20H23ClN4O. The number of piperidine rings is 1. The van der Waals surface area contributed by atoms with Crippen LogP contribution in [-0.4, -0.2) is 42.1 Å². The fourth-order valence-corrected chi connectivity index (χ4v) is 4.32. The summed E-state index contributed by atoms with van der Waals surface area (Å²) >= 11 is 6.47. The lowest BCUT2D eigenvalue weighted by Gasteiger charge is -2.43. The number of anilines is 2. The maximum absolute atomic E-state index is 13.5. The molecule has 2 aliphatic rings. The van der Waals surface area contributed by atoms with Gasteiger partial charge < -0.3 is 4.90 Å². The van der Waals surface area contributed by atoms with Gasteiger partial charge in [0.25, 0.3) is 0 Å². The van der Waals surface area contributed by atoms with Crippen molar-refractivity contribution >= 4 is 29.0 Å². The number of likely N-dealkylation sites (tertiary alicyclic amines) is 1. The van der Waals surface area contributed by atoms with Crippen LogP contribution in [0.4, 0.5) is 16.2 Å². The van der Waals surface area contributed by atoms with Gasteiger partial charge in [0.2, 0.25) is 0 Å². The summed E-state index contributed by atoms with van der Waals surface area (Å²) in [6.07, 6.45) is 5.58. The first-order valence-electron chi connectivity index (χ1n) is 9.03. The third-order valence-electron chi connectivity index (χ3n) is 5.41. The Kier molecular flexibility index (Phi) is 4.59. The molecule has 1 saturated heterocycles. The topological polar surface area (TPSA) is 39.7 Å². The zero-order chi connectivity index (χ0) is 18.3. The van der Waals surface area contributed by atoms with Gasteiger partial charge in [-0.25, -0.2) is 4.79 Å². The predicted octanol–water partition coefficient (Wildman–Crippen LogP) is 4.08. The average Bonchev–Trinajstić information content (AvgIpc) is 2.63. The van der Waals surface area contributed by atoms with E-state index in [1.807, 2.05) is 42.3 Å². The van der Waals surface area contributed by atoms with Gasteiger partial charge in [0.05, 0.1) is 22.9 Å². The van der Waals surface area contributed by atoms with E-state index in [4.69, 9.17) is 11.6 Å². The molecule has 2 aliphatic heterocycles. The molecule has 136 valence electrons. The molecule has 0 saturated carbocycles. The minimum absolute atomic E-state index is 0.00875. The van der Waals surface area contributed by atoms with E-state index < -0.39 is 0 Å². The molecule has 2 amide bonds. The van der Waals surface area contributed by atoms with Crippen molar-refractivity contribution in [2.24, 2.45) is 0 Å². The molecule has 2 aromatic rings.